The second-order valence-electron chi connectivity index (χ2n) is 4.11. The van der Waals surface area contributed by atoms with Gasteiger partial charge < -0.3 is 14.9 Å². The first-order valence-electron chi connectivity index (χ1n) is 5.58. The van der Waals surface area contributed by atoms with Gasteiger partial charge in [-0.3, -0.25) is 9.59 Å². The Hall–Kier alpha value is -1.88. The summed E-state index contributed by atoms with van der Waals surface area (Å²) in [5.41, 5.74) is 2.01. The van der Waals surface area contributed by atoms with Gasteiger partial charge in [-0.05, 0) is 12.5 Å². The molecule has 5 heteroatoms. The third-order valence-electron chi connectivity index (χ3n) is 2.41. The fourth-order valence-electron chi connectivity index (χ4n) is 1.48. The lowest BCUT2D eigenvalue weighted by Crippen LogP contribution is -2.21. The number of rotatable bonds is 7. The van der Waals surface area contributed by atoms with Crippen molar-refractivity contribution in [3.63, 3.8) is 0 Å². The van der Waals surface area contributed by atoms with Crippen molar-refractivity contribution in [1.82, 2.24) is 0 Å². The standard InChI is InChI=1S/C13H16O5/c1-9-2-4-10(5-3-9)8-18-11(6-12(14)15)7-13(16)17/h2-5,11H,6-8H2,1H3,(H,14,15)(H,16,17). The van der Waals surface area contributed by atoms with Crippen molar-refractivity contribution < 1.29 is 24.5 Å². The Morgan fingerprint density at radius 1 is 1.11 bits per heavy atom. The molecule has 1 rings (SSSR count). The van der Waals surface area contributed by atoms with Crippen LogP contribution < -0.4 is 0 Å². The van der Waals surface area contributed by atoms with Crippen molar-refractivity contribution >= 4 is 11.9 Å². The minimum absolute atomic E-state index is 0.214. The summed E-state index contributed by atoms with van der Waals surface area (Å²) >= 11 is 0. The Labute approximate surface area is 105 Å². The highest BCUT2D eigenvalue weighted by Gasteiger charge is 2.17. The van der Waals surface area contributed by atoms with Crippen LogP contribution in [-0.4, -0.2) is 28.3 Å². The van der Waals surface area contributed by atoms with E-state index in [2.05, 4.69) is 0 Å². The normalized spacial score (nSPS) is 10.6. The van der Waals surface area contributed by atoms with Gasteiger partial charge in [0.15, 0.2) is 0 Å². The molecule has 0 bridgehead atoms. The summed E-state index contributed by atoms with van der Waals surface area (Å²) in [6.07, 6.45) is -1.42. The van der Waals surface area contributed by atoms with Gasteiger partial charge in [0.2, 0.25) is 0 Å². The molecule has 0 spiro atoms. The molecule has 1 aromatic carbocycles. The van der Waals surface area contributed by atoms with E-state index in [1.54, 1.807) is 0 Å². The Morgan fingerprint density at radius 3 is 2.06 bits per heavy atom. The lowest BCUT2D eigenvalue weighted by atomic mass is 10.1. The SMILES string of the molecule is Cc1ccc(COC(CC(=O)O)CC(=O)O)cc1. The van der Waals surface area contributed by atoms with Crippen LogP contribution in [0.25, 0.3) is 0 Å². The molecule has 98 valence electrons. The van der Waals surface area contributed by atoms with Crippen LogP contribution in [0.5, 0.6) is 0 Å². The minimum Gasteiger partial charge on any atom is -0.481 e. The van der Waals surface area contributed by atoms with Crippen LogP contribution >= 0.6 is 0 Å². The maximum absolute atomic E-state index is 10.6. The number of carboxylic acids is 2. The molecule has 1 aromatic rings. The van der Waals surface area contributed by atoms with E-state index in [0.29, 0.717) is 0 Å². The van der Waals surface area contributed by atoms with E-state index in [4.69, 9.17) is 14.9 Å². The minimum atomic E-state index is -1.06. The maximum atomic E-state index is 10.6. The van der Waals surface area contributed by atoms with Crippen molar-refractivity contribution in [2.45, 2.75) is 32.5 Å². The molecular formula is C13H16O5. The maximum Gasteiger partial charge on any atom is 0.305 e. The Morgan fingerprint density at radius 2 is 1.61 bits per heavy atom. The molecule has 0 heterocycles. The lowest BCUT2D eigenvalue weighted by Gasteiger charge is -2.14. The number of benzene rings is 1. The van der Waals surface area contributed by atoms with Crippen LogP contribution in [0.15, 0.2) is 24.3 Å². The van der Waals surface area contributed by atoms with Crippen LogP contribution in [0.2, 0.25) is 0 Å². The molecule has 0 aliphatic carbocycles. The van der Waals surface area contributed by atoms with Gasteiger partial charge in [0.05, 0.1) is 25.6 Å². The van der Waals surface area contributed by atoms with Crippen molar-refractivity contribution in [2.24, 2.45) is 0 Å². The monoisotopic (exact) mass is 252 g/mol. The highest BCUT2D eigenvalue weighted by atomic mass is 16.5. The average molecular weight is 252 g/mol. The molecule has 18 heavy (non-hydrogen) atoms. The fraction of sp³-hybridized carbons (Fsp3) is 0.385. The topological polar surface area (TPSA) is 83.8 Å². The fourth-order valence-corrected chi connectivity index (χ4v) is 1.48. The third kappa shape index (κ3) is 5.45. The molecule has 0 atom stereocenters. The van der Waals surface area contributed by atoms with Gasteiger partial charge in [-0.25, -0.2) is 0 Å². The quantitative estimate of drug-likeness (QED) is 0.773. The van der Waals surface area contributed by atoms with E-state index in [0.717, 1.165) is 11.1 Å². The smallest absolute Gasteiger partial charge is 0.305 e. The summed E-state index contributed by atoms with van der Waals surface area (Å²) in [6, 6.07) is 7.58. The number of hydrogen-bond acceptors (Lipinski definition) is 3. The molecule has 0 aliphatic rings. The van der Waals surface area contributed by atoms with Crippen LogP contribution in [0, 0.1) is 6.92 Å². The van der Waals surface area contributed by atoms with Gasteiger partial charge >= 0.3 is 11.9 Å². The Balaban J connectivity index is 2.52. The summed E-state index contributed by atoms with van der Waals surface area (Å²) in [4.78, 5) is 21.1. The molecule has 5 nitrogen and oxygen atoms in total. The van der Waals surface area contributed by atoms with Crippen LogP contribution in [0.1, 0.15) is 24.0 Å². The van der Waals surface area contributed by atoms with Gasteiger partial charge in [-0.2, -0.15) is 0 Å². The number of hydrogen-bond donors (Lipinski definition) is 2. The van der Waals surface area contributed by atoms with Crippen LogP contribution in [-0.2, 0) is 20.9 Å². The molecule has 0 radical (unpaired) electrons. The number of aliphatic carboxylic acids is 2. The van der Waals surface area contributed by atoms with E-state index in [1.165, 1.54) is 0 Å². The van der Waals surface area contributed by atoms with Gasteiger partial charge in [-0.1, -0.05) is 29.8 Å². The number of aryl methyl sites for hydroxylation is 1. The van der Waals surface area contributed by atoms with E-state index in [-0.39, 0.29) is 19.4 Å². The molecule has 0 fully saturated rings. The molecule has 0 saturated carbocycles. The summed E-state index contributed by atoms with van der Waals surface area (Å²) in [5, 5.41) is 17.3. The van der Waals surface area contributed by atoms with E-state index < -0.39 is 18.0 Å². The average Bonchev–Trinajstić information content (AvgIpc) is 2.26. The summed E-state index contributed by atoms with van der Waals surface area (Å²) in [5.74, 6) is -2.13. The van der Waals surface area contributed by atoms with E-state index in [9.17, 15) is 9.59 Å². The first-order chi connectivity index (χ1) is 8.47. The third-order valence-corrected chi connectivity index (χ3v) is 2.41. The first-order valence-corrected chi connectivity index (χ1v) is 5.58. The highest BCUT2D eigenvalue weighted by Crippen LogP contribution is 2.10. The second-order valence-corrected chi connectivity index (χ2v) is 4.11. The molecule has 0 saturated heterocycles. The Bertz CT molecular complexity index is 394. The van der Waals surface area contributed by atoms with Crippen molar-refractivity contribution in [2.75, 3.05) is 0 Å². The van der Waals surface area contributed by atoms with E-state index >= 15 is 0 Å². The first kappa shape index (κ1) is 14.2. The number of carboxylic acid groups (broad SMARTS) is 2. The van der Waals surface area contributed by atoms with Crippen molar-refractivity contribution in [1.29, 1.82) is 0 Å². The Kier molecular flexibility index (Phi) is 5.32. The van der Waals surface area contributed by atoms with Crippen molar-refractivity contribution in [3.05, 3.63) is 35.4 Å². The molecular weight excluding hydrogens is 236 g/mol. The highest BCUT2D eigenvalue weighted by molar-refractivity contribution is 5.71. The second kappa shape index (κ2) is 6.76. The summed E-state index contributed by atoms with van der Waals surface area (Å²) in [7, 11) is 0. The largest absolute Gasteiger partial charge is 0.481 e. The van der Waals surface area contributed by atoms with Crippen LogP contribution in [0.4, 0.5) is 0 Å². The summed E-state index contributed by atoms with van der Waals surface area (Å²) < 4.78 is 5.33. The zero-order valence-corrected chi connectivity index (χ0v) is 10.1. The molecule has 0 aromatic heterocycles. The predicted octanol–water partition coefficient (Wildman–Crippen LogP) is 1.83. The van der Waals surface area contributed by atoms with E-state index in [1.807, 2.05) is 31.2 Å². The predicted molar refractivity (Wildman–Crippen MR) is 64.3 cm³/mol. The van der Waals surface area contributed by atoms with Gasteiger partial charge in [-0.15, -0.1) is 0 Å². The zero-order valence-electron chi connectivity index (χ0n) is 10.1. The summed E-state index contributed by atoms with van der Waals surface area (Å²) in [6.45, 7) is 2.17. The molecule has 0 aliphatic heterocycles. The van der Waals surface area contributed by atoms with Crippen LogP contribution in [0.3, 0.4) is 0 Å². The van der Waals surface area contributed by atoms with Gasteiger partial charge in [0, 0.05) is 0 Å². The number of ether oxygens (including phenoxy) is 1. The molecule has 2 N–H and O–H groups in total. The van der Waals surface area contributed by atoms with Crippen molar-refractivity contribution in [3.8, 4) is 0 Å². The lowest BCUT2D eigenvalue weighted by molar-refractivity contribution is -0.144. The molecule has 0 amide bonds. The molecule has 0 unspecified atom stereocenters. The van der Waals surface area contributed by atoms with Gasteiger partial charge in [0.1, 0.15) is 0 Å². The zero-order chi connectivity index (χ0) is 13.5. The number of carbonyl (C=O) groups is 2. The van der Waals surface area contributed by atoms with Gasteiger partial charge in [0.25, 0.3) is 0 Å².